The highest BCUT2D eigenvalue weighted by Crippen LogP contribution is 2.10. The third-order valence-electron chi connectivity index (χ3n) is 3.82. The SMILES string of the molecule is C[C@H](O)CN1CCN(C/C=C/c2ccccc2)C[C@H]1C. The molecule has 2 atom stereocenters. The Hall–Kier alpha value is -1.16. The van der Waals surface area contributed by atoms with Crippen LogP contribution in [0.5, 0.6) is 0 Å². The highest BCUT2D eigenvalue weighted by atomic mass is 16.3. The molecule has 2 rings (SSSR count). The average Bonchev–Trinajstić information content (AvgIpc) is 2.43. The van der Waals surface area contributed by atoms with Crippen LogP contribution in [0.2, 0.25) is 0 Å². The number of nitrogens with zero attached hydrogens (tertiary/aromatic N) is 2. The number of β-amino-alcohol motifs (C(OH)–C–C–N with tert-alkyl or cyclic N) is 1. The molecule has 0 bridgehead atoms. The van der Waals surface area contributed by atoms with Crippen molar-refractivity contribution >= 4 is 6.08 Å². The zero-order valence-electron chi connectivity index (χ0n) is 12.6. The van der Waals surface area contributed by atoms with Gasteiger partial charge in [-0.15, -0.1) is 0 Å². The Bertz CT molecular complexity index is 416. The van der Waals surface area contributed by atoms with Gasteiger partial charge in [-0.3, -0.25) is 9.80 Å². The minimum absolute atomic E-state index is 0.234. The number of hydrogen-bond donors (Lipinski definition) is 1. The highest BCUT2D eigenvalue weighted by Gasteiger charge is 2.23. The molecule has 0 spiro atoms. The van der Waals surface area contributed by atoms with Crippen LogP contribution < -0.4 is 0 Å². The topological polar surface area (TPSA) is 26.7 Å². The quantitative estimate of drug-likeness (QED) is 0.890. The fourth-order valence-electron chi connectivity index (χ4n) is 2.75. The summed E-state index contributed by atoms with van der Waals surface area (Å²) < 4.78 is 0. The first-order chi connectivity index (χ1) is 9.65. The third-order valence-corrected chi connectivity index (χ3v) is 3.82. The van der Waals surface area contributed by atoms with Gasteiger partial charge in [0.1, 0.15) is 0 Å². The molecular formula is C17H26N2O. The van der Waals surface area contributed by atoms with Crippen LogP contribution in [0.4, 0.5) is 0 Å². The first-order valence-corrected chi connectivity index (χ1v) is 7.51. The molecule has 110 valence electrons. The summed E-state index contributed by atoms with van der Waals surface area (Å²) in [7, 11) is 0. The molecule has 1 saturated heterocycles. The summed E-state index contributed by atoms with van der Waals surface area (Å²) in [5, 5.41) is 9.49. The van der Waals surface area contributed by atoms with Crippen molar-refractivity contribution in [3.05, 3.63) is 42.0 Å². The van der Waals surface area contributed by atoms with E-state index < -0.39 is 0 Å². The second kappa shape index (κ2) is 7.58. The van der Waals surface area contributed by atoms with E-state index in [4.69, 9.17) is 0 Å². The standard InChI is InChI=1S/C17H26N2O/c1-15-13-18(11-12-19(15)14-16(2)20)10-6-9-17-7-4-3-5-8-17/h3-9,15-16,20H,10-14H2,1-2H3/b9-6+/t15-,16+/m1/s1. The van der Waals surface area contributed by atoms with Crippen molar-refractivity contribution in [2.45, 2.75) is 26.0 Å². The molecule has 0 aliphatic carbocycles. The monoisotopic (exact) mass is 274 g/mol. The van der Waals surface area contributed by atoms with Crippen molar-refractivity contribution in [3.63, 3.8) is 0 Å². The lowest BCUT2D eigenvalue weighted by molar-refractivity contribution is 0.0495. The van der Waals surface area contributed by atoms with Gasteiger partial charge in [0.2, 0.25) is 0 Å². The summed E-state index contributed by atoms with van der Waals surface area (Å²) in [6.07, 6.45) is 4.20. The Morgan fingerprint density at radius 1 is 1.30 bits per heavy atom. The van der Waals surface area contributed by atoms with Crippen LogP contribution in [-0.2, 0) is 0 Å². The van der Waals surface area contributed by atoms with E-state index in [2.05, 4.69) is 53.1 Å². The number of piperazine rings is 1. The number of hydrogen-bond acceptors (Lipinski definition) is 3. The number of rotatable bonds is 5. The van der Waals surface area contributed by atoms with Gasteiger partial charge in [0.05, 0.1) is 6.10 Å². The van der Waals surface area contributed by atoms with Gasteiger partial charge < -0.3 is 5.11 Å². The van der Waals surface area contributed by atoms with Crippen molar-refractivity contribution in [2.24, 2.45) is 0 Å². The van der Waals surface area contributed by atoms with E-state index in [9.17, 15) is 5.11 Å². The van der Waals surface area contributed by atoms with Crippen molar-refractivity contribution < 1.29 is 5.11 Å². The van der Waals surface area contributed by atoms with E-state index >= 15 is 0 Å². The summed E-state index contributed by atoms with van der Waals surface area (Å²) in [6.45, 7) is 9.10. The smallest absolute Gasteiger partial charge is 0.0639 e. The van der Waals surface area contributed by atoms with Crippen LogP contribution in [-0.4, -0.2) is 59.8 Å². The van der Waals surface area contributed by atoms with Crippen molar-refractivity contribution in [3.8, 4) is 0 Å². The predicted molar refractivity (Wildman–Crippen MR) is 84.6 cm³/mol. The number of aliphatic hydroxyl groups is 1. The van der Waals surface area contributed by atoms with Gasteiger partial charge in [-0.1, -0.05) is 42.5 Å². The fraction of sp³-hybridized carbons (Fsp3) is 0.529. The van der Waals surface area contributed by atoms with Gasteiger partial charge >= 0.3 is 0 Å². The maximum atomic E-state index is 9.49. The zero-order chi connectivity index (χ0) is 14.4. The summed E-state index contributed by atoms with van der Waals surface area (Å²) in [4.78, 5) is 4.85. The van der Waals surface area contributed by atoms with Gasteiger partial charge in [-0.05, 0) is 19.4 Å². The average molecular weight is 274 g/mol. The molecule has 20 heavy (non-hydrogen) atoms. The molecule has 1 aliphatic heterocycles. The second-order valence-electron chi connectivity index (χ2n) is 5.77. The molecule has 1 heterocycles. The van der Waals surface area contributed by atoms with Crippen molar-refractivity contribution in [2.75, 3.05) is 32.7 Å². The third kappa shape index (κ3) is 4.75. The number of aliphatic hydroxyl groups excluding tert-OH is 1. The molecule has 0 radical (unpaired) electrons. The van der Waals surface area contributed by atoms with Gasteiger partial charge in [0, 0.05) is 38.8 Å². The lowest BCUT2D eigenvalue weighted by Crippen LogP contribution is -2.53. The molecule has 1 N–H and O–H groups in total. The molecular weight excluding hydrogens is 248 g/mol. The van der Waals surface area contributed by atoms with E-state index in [0.29, 0.717) is 6.04 Å². The zero-order valence-corrected chi connectivity index (χ0v) is 12.6. The Morgan fingerprint density at radius 2 is 2.05 bits per heavy atom. The molecule has 1 aliphatic rings. The highest BCUT2D eigenvalue weighted by molar-refractivity contribution is 5.48. The molecule has 0 amide bonds. The van der Waals surface area contributed by atoms with Crippen LogP contribution in [0.3, 0.4) is 0 Å². The van der Waals surface area contributed by atoms with Crippen molar-refractivity contribution in [1.82, 2.24) is 9.80 Å². The summed E-state index contributed by atoms with van der Waals surface area (Å²) in [5.41, 5.74) is 1.26. The van der Waals surface area contributed by atoms with Gasteiger partial charge in [0.15, 0.2) is 0 Å². The van der Waals surface area contributed by atoms with Gasteiger partial charge in [-0.25, -0.2) is 0 Å². The minimum Gasteiger partial charge on any atom is -0.392 e. The maximum Gasteiger partial charge on any atom is 0.0639 e. The maximum absolute atomic E-state index is 9.49. The largest absolute Gasteiger partial charge is 0.392 e. The Balaban J connectivity index is 1.77. The summed E-state index contributed by atoms with van der Waals surface area (Å²) in [6, 6.07) is 10.9. The first kappa shape index (κ1) is 15.2. The van der Waals surface area contributed by atoms with Crippen molar-refractivity contribution in [1.29, 1.82) is 0 Å². The molecule has 1 aromatic rings. The summed E-state index contributed by atoms with van der Waals surface area (Å²) in [5.74, 6) is 0. The van der Waals surface area contributed by atoms with Crippen LogP contribution in [0.15, 0.2) is 36.4 Å². The molecule has 0 saturated carbocycles. The van der Waals surface area contributed by atoms with E-state index in [1.807, 2.05) is 13.0 Å². The molecule has 1 fully saturated rings. The first-order valence-electron chi connectivity index (χ1n) is 7.51. The van der Waals surface area contributed by atoms with E-state index in [1.165, 1.54) is 5.56 Å². The number of benzene rings is 1. The molecule has 0 unspecified atom stereocenters. The molecule has 3 nitrogen and oxygen atoms in total. The summed E-state index contributed by atoms with van der Waals surface area (Å²) >= 11 is 0. The Morgan fingerprint density at radius 3 is 2.70 bits per heavy atom. The van der Waals surface area contributed by atoms with E-state index in [1.54, 1.807) is 0 Å². The van der Waals surface area contributed by atoms with E-state index in [0.717, 1.165) is 32.7 Å². The van der Waals surface area contributed by atoms with Crippen LogP contribution in [0, 0.1) is 0 Å². The van der Waals surface area contributed by atoms with Crippen LogP contribution in [0.25, 0.3) is 6.08 Å². The normalized spacial score (nSPS) is 23.2. The second-order valence-corrected chi connectivity index (χ2v) is 5.77. The predicted octanol–water partition coefficient (Wildman–Crippen LogP) is 2.09. The Kier molecular flexibility index (Phi) is 5.77. The van der Waals surface area contributed by atoms with Gasteiger partial charge in [-0.2, -0.15) is 0 Å². The lowest BCUT2D eigenvalue weighted by Gasteiger charge is -2.40. The fourth-order valence-corrected chi connectivity index (χ4v) is 2.75. The van der Waals surface area contributed by atoms with Gasteiger partial charge in [0.25, 0.3) is 0 Å². The van der Waals surface area contributed by atoms with Crippen LogP contribution >= 0.6 is 0 Å². The minimum atomic E-state index is -0.234. The lowest BCUT2D eigenvalue weighted by atomic mass is 10.1. The van der Waals surface area contributed by atoms with E-state index in [-0.39, 0.29) is 6.10 Å². The molecule has 1 aromatic carbocycles. The Labute approximate surface area is 122 Å². The van der Waals surface area contributed by atoms with Crippen LogP contribution in [0.1, 0.15) is 19.4 Å². The molecule has 3 heteroatoms. The molecule has 0 aromatic heterocycles.